The Hall–Kier alpha value is -2.05. The van der Waals surface area contributed by atoms with Gasteiger partial charge in [-0.3, -0.25) is 19.7 Å². The average Bonchev–Trinajstić information content (AvgIpc) is 3.06. The largest absolute Gasteiger partial charge is 0.373 e. The lowest BCUT2D eigenvalue weighted by atomic mass is 9.62. The molecular formula is C21H28N4O2. The molecule has 144 valence electrons. The SMILES string of the molecule is COC1(c2ccnc(C(N)=O)c2)C2CCCC1CN(CC1=NC=C(C)C1)C2. The number of pyridine rings is 1. The number of carbonyl (C=O) groups is 1. The molecule has 6 heteroatoms. The monoisotopic (exact) mass is 368 g/mol. The molecule has 0 spiro atoms. The lowest BCUT2D eigenvalue weighted by Crippen LogP contribution is -2.59. The van der Waals surface area contributed by atoms with E-state index >= 15 is 0 Å². The number of aliphatic imine (C=N–C) groups is 1. The predicted octanol–water partition coefficient (Wildman–Crippen LogP) is 2.50. The van der Waals surface area contributed by atoms with Crippen LogP contribution in [-0.2, 0) is 10.3 Å². The summed E-state index contributed by atoms with van der Waals surface area (Å²) in [5, 5.41) is 0. The standard InChI is InChI=1S/C21H28N4O2/c1-14-8-18(24-10-14)13-25-11-16-4-3-5-17(12-25)21(16,27-2)15-6-7-23-19(9-15)20(22)26/h6-7,9-10,16-17H,3-5,8,11-13H2,1-2H3,(H2,22,26). The zero-order chi connectivity index (χ0) is 19.0. The Bertz CT molecular complexity index is 787. The van der Waals surface area contributed by atoms with Crippen LogP contribution in [0.4, 0.5) is 0 Å². The minimum Gasteiger partial charge on any atom is -0.373 e. The van der Waals surface area contributed by atoms with Gasteiger partial charge in [0.05, 0.1) is 0 Å². The Morgan fingerprint density at radius 1 is 1.37 bits per heavy atom. The molecular weight excluding hydrogens is 340 g/mol. The van der Waals surface area contributed by atoms with E-state index < -0.39 is 5.91 Å². The Labute approximate surface area is 160 Å². The number of piperidine rings is 1. The molecule has 2 bridgehead atoms. The van der Waals surface area contributed by atoms with Crippen molar-refractivity contribution >= 4 is 11.6 Å². The fourth-order valence-corrected chi connectivity index (χ4v) is 5.35. The van der Waals surface area contributed by atoms with E-state index in [2.05, 4.69) is 21.8 Å². The Morgan fingerprint density at radius 3 is 2.70 bits per heavy atom. The molecule has 1 saturated carbocycles. The van der Waals surface area contributed by atoms with Crippen LogP contribution in [0.5, 0.6) is 0 Å². The van der Waals surface area contributed by atoms with Crippen molar-refractivity contribution in [2.24, 2.45) is 22.6 Å². The summed E-state index contributed by atoms with van der Waals surface area (Å²) >= 11 is 0. The van der Waals surface area contributed by atoms with E-state index in [0.717, 1.165) is 44.5 Å². The molecule has 2 aliphatic heterocycles. The van der Waals surface area contributed by atoms with Gasteiger partial charge in [-0.1, -0.05) is 6.42 Å². The molecule has 6 nitrogen and oxygen atoms in total. The first-order chi connectivity index (χ1) is 13.0. The predicted molar refractivity (Wildman–Crippen MR) is 105 cm³/mol. The van der Waals surface area contributed by atoms with E-state index in [1.807, 2.05) is 18.3 Å². The molecule has 1 amide bonds. The van der Waals surface area contributed by atoms with Gasteiger partial charge in [0.25, 0.3) is 5.91 Å². The number of nitrogens with two attached hydrogens (primary N) is 1. The van der Waals surface area contributed by atoms with Crippen molar-refractivity contribution in [2.75, 3.05) is 26.7 Å². The normalized spacial score (nSPS) is 30.7. The van der Waals surface area contributed by atoms with Crippen LogP contribution in [0.3, 0.4) is 0 Å². The first-order valence-corrected chi connectivity index (χ1v) is 9.78. The minimum absolute atomic E-state index is 0.311. The molecule has 1 aliphatic carbocycles. The Kier molecular flexibility index (Phi) is 4.86. The number of nitrogens with zero attached hydrogens (tertiary/aromatic N) is 3. The van der Waals surface area contributed by atoms with Crippen molar-refractivity contribution in [3.8, 4) is 0 Å². The van der Waals surface area contributed by atoms with Crippen LogP contribution in [0.15, 0.2) is 35.1 Å². The number of hydrogen-bond acceptors (Lipinski definition) is 5. The van der Waals surface area contributed by atoms with E-state index in [0.29, 0.717) is 17.5 Å². The molecule has 1 saturated heterocycles. The number of amides is 1. The molecule has 2 fully saturated rings. The number of methoxy groups -OCH3 is 1. The Morgan fingerprint density at radius 2 is 2.11 bits per heavy atom. The van der Waals surface area contributed by atoms with Gasteiger partial charge in [0.1, 0.15) is 11.3 Å². The third-order valence-corrected chi connectivity index (χ3v) is 6.43. The number of primary amides is 1. The quantitative estimate of drug-likeness (QED) is 0.866. The molecule has 27 heavy (non-hydrogen) atoms. The lowest BCUT2D eigenvalue weighted by Gasteiger charge is -2.55. The average molecular weight is 368 g/mol. The molecule has 0 radical (unpaired) electrons. The molecule has 0 aromatic carbocycles. The third kappa shape index (κ3) is 3.21. The summed E-state index contributed by atoms with van der Waals surface area (Å²) < 4.78 is 6.25. The highest BCUT2D eigenvalue weighted by Gasteiger charge is 2.53. The van der Waals surface area contributed by atoms with Gasteiger partial charge in [-0.15, -0.1) is 0 Å². The maximum absolute atomic E-state index is 11.6. The summed E-state index contributed by atoms with van der Waals surface area (Å²) in [5.41, 5.74) is 9.05. The molecule has 1 aromatic rings. The van der Waals surface area contributed by atoms with E-state index in [1.165, 1.54) is 17.7 Å². The highest BCUT2D eigenvalue weighted by molar-refractivity contribution is 5.91. The van der Waals surface area contributed by atoms with Crippen LogP contribution >= 0.6 is 0 Å². The number of carbonyl (C=O) groups excluding carboxylic acids is 1. The number of allylic oxidation sites excluding steroid dienone is 1. The van der Waals surface area contributed by atoms with Gasteiger partial charge in [-0.05, 0) is 43.0 Å². The number of likely N-dealkylation sites (tertiary alicyclic amines) is 1. The number of fused-ring (bicyclic) bond motifs is 2. The number of hydrogen-bond donors (Lipinski definition) is 1. The van der Waals surface area contributed by atoms with E-state index in [9.17, 15) is 4.79 Å². The van der Waals surface area contributed by atoms with Crippen molar-refractivity contribution in [1.82, 2.24) is 9.88 Å². The van der Waals surface area contributed by atoms with Gasteiger partial charge < -0.3 is 10.5 Å². The highest BCUT2D eigenvalue weighted by atomic mass is 16.5. The summed E-state index contributed by atoms with van der Waals surface area (Å²) in [6.45, 7) is 5.04. The van der Waals surface area contributed by atoms with Crippen LogP contribution in [0.2, 0.25) is 0 Å². The van der Waals surface area contributed by atoms with E-state index in [1.54, 1.807) is 13.3 Å². The van der Waals surface area contributed by atoms with Crippen LogP contribution in [-0.4, -0.2) is 48.2 Å². The Balaban J connectivity index is 1.61. The molecule has 3 aliphatic rings. The molecule has 1 aromatic heterocycles. The van der Waals surface area contributed by atoms with Gasteiger partial charge >= 0.3 is 0 Å². The van der Waals surface area contributed by atoms with Crippen molar-refractivity contribution in [3.63, 3.8) is 0 Å². The maximum atomic E-state index is 11.6. The lowest BCUT2D eigenvalue weighted by molar-refractivity contribution is -0.167. The molecule has 4 rings (SSSR count). The van der Waals surface area contributed by atoms with Gasteiger partial charge in [0.15, 0.2) is 0 Å². The summed E-state index contributed by atoms with van der Waals surface area (Å²) in [7, 11) is 1.81. The summed E-state index contributed by atoms with van der Waals surface area (Å²) in [4.78, 5) is 22.9. The smallest absolute Gasteiger partial charge is 0.267 e. The van der Waals surface area contributed by atoms with Crippen LogP contribution < -0.4 is 5.73 Å². The van der Waals surface area contributed by atoms with E-state index in [4.69, 9.17) is 10.5 Å². The zero-order valence-corrected chi connectivity index (χ0v) is 16.1. The molecule has 3 heterocycles. The highest BCUT2D eigenvalue weighted by Crippen LogP contribution is 2.51. The van der Waals surface area contributed by atoms with E-state index in [-0.39, 0.29) is 5.60 Å². The minimum atomic E-state index is -0.493. The van der Waals surface area contributed by atoms with Gasteiger partial charge in [-0.2, -0.15) is 0 Å². The third-order valence-electron chi connectivity index (χ3n) is 6.43. The second-order valence-electron chi connectivity index (χ2n) is 8.16. The summed E-state index contributed by atoms with van der Waals surface area (Å²) in [6.07, 6.45) is 8.14. The second-order valence-corrected chi connectivity index (χ2v) is 8.16. The molecule has 2 N–H and O–H groups in total. The molecule has 2 atom stereocenters. The number of aromatic nitrogens is 1. The molecule has 2 unspecified atom stereocenters. The number of ether oxygens (including phenoxy) is 1. The van der Waals surface area contributed by atoms with Gasteiger partial charge in [-0.25, -0.2) is 0 Å². The fourth-order valence-electron chi connectivity index (χ4n) is 5.35. The summed E-state index contributed by atoms with van der Waals surface area (Å²) in [5.74, 6) is 0.274. The van der Waals surface area contributed by atoms with Crippen molar-refractivity contribution in [3.05, 3.63) is 41.4 Å². The first kappa shape index (κ1) is 18.3. The van der Waals surface area contributed by atoms with Crippen LogP contribution in [0.1, 0.15) is 48.7 Å². The van der Waals surface area contributed by atoms with Crippen molar-refractivity contribution < 1.29 is 9.53 Å². The summed E-state index contributed by atoms with van der Waals surface area (Å²) in [6, 6.07) is 3.83. The van der Waals surface area contributed by atoms with Crippen molar-refractivity contribution in [2.45, 2.75) is 38.2 Å². The van der Waals surface area contributed by atoms with Crippen molar-refractivity contribution in [1.29, 1.82) is 0 Å². The maximum Gasteiger partial charge on any atom is 0.267 e. The van der Waals surface area contributed by atoms with Crippen LogP contribution in [0, 0.1) is 11.8 Å². The number of rotatable bonds is 5. The topological polar surface area (TPSA) is 80.8 Å². The first-order valence-electron chi connectivity index (χ1n) is 9.78. The van der Waals surface area contributed by atoms with Gasteiger partial charge in [0.2, 0.25) is 0 Å². The van der Waals surface area contributed by atoms with Crippen LogP contribution in [0.25, 0.3) is 0 Å². The fraction of sp³-hybridized carbons (Fsp3) is 0.571. The second kappa shape index (κ2) is 7.17. The van der Waals surface area contributed by atoms with Gasteiger partial charge in [0, 0.05) is 63.1 Å². The zero-order valence-electron chi connectivity index (χ0n) is 16.1.